The number of allylic oxidation sites excluding steroid dienone is 4. The molecule has 0 fully saturated rings. The molecule has 0 spiro atoms. The summed E-state index contributed by atoms with van der Waals surface area (Å²) in [5.74, 6) is 0. The van der Waals surface area contributed by atoms with E-state index in [4.69, 9.17) is 9.97 Å². The zero-order valence-electron chi connectivity index (χ0n) is 31.5. The highest BCUT2D eigenvalue weighted by atomic mass is 14.8. The van der Waals surface area contributed by atoms with Gasteiger partial charge in [-0.15, -0.1) is 0 Å². The third-order valence-corrected chi connectivity index (χ3v) is 11.2. The molecule has 2 aliphatic rings. The van der Waals surface area contributed by atoms with E-state index in [0.29, 0.717) is 0 Å². The van der Waals surface area contributed by atoms with Gasteiger partial charge in [-0.25, -0.2) is 9.97 Å². The minimum Gasteiger partial charge on any atom is -0.354 e. The highest BCUT2D eigenvalue weighted by Gasteiger charge is 2.26. The predicted octanol–water partition coefficient (Wildman–Crippen LogP) is 12.7. The standard InChI is InChI=1S/C46H50N4/c1-11-33-27(7)43-41(31-19-15-25(5)16-20-31)44-29(9)35(13-3)39(49-44)24-40-36(14-4)30(10)46(50-40)42(32-21-17-26(6)18-22-32)45-28(8)34(12-2)38(48-45)23-37(33)47-43/h15-24,47,49H,11-14H2,1-10H3. The maximum Gasteiger partial charge on any atom is 0.0769 e. The van der Waals surface area contributed by atoms with Gasteiger partial charge in [0.05, 0.1) is 33.8 Å². The number of hydrogen-bond donors (Lipinski definition) is 2. The van der Waals surface area contributed by atoms with Crippen LogP contribution in [0.3, 0.4) is 0 Å². The van der Waals surface area contributed by atoms with Crippen LogP contribution in [0.25, 0.3) is 66.6 Å². The Bertz CT molecular complexity index is 2270. The third kappa shape index (κ3) is 5.37. The van der Waals surface area contributed by atoms with Gasteiger partial charge in [-0.3, -0.25) is 0 Å². The number of aryl methyl sites for hydroxylation is 6. The summed E-state index contributed by atoms with van der Waals surface area (Å²) in [6.07, 6.45) is 3.65. The summed E-state index contributed by atoms with van der Waals surface area (Å²) in [6.45, 7) is 22.4. The van der Waals surface area contributed by atoms with Crippen LogP contribution in [-0.4, -0.2) is 19.9 Å². The molecule has 254 valence electrons. The Morgan fingerprint density at radius 1 is 0.480 bits per heavy atom. The Balaban J connectivity index is 1.77. The summed E-state index contributed by atoms with van der Waals surface area (Å²) in [5, 5.41) is 0. The molecule has 2 N–H and O–H groups in total. The number of hydrogen-bond acceptors (Lipinski definition) is 2. The molecule has 0 saturated carbocycles. The van der Waals surface area contributed by atoms with Crippen LogP contribution in [-0.2, 0) is 12.8 Å². The summed E-state index contributed by atoms with van der Waals surface area (Å²) in [5.41, 5.74) is 26.2. The fraction of sp³-hybridized carbons (Fsp3) is 0.304. The van der Waals surface area contributed by atoms with Crippen molar-refractivity contribution >= 4 is 44.4 Å². The quantitative estimate of drug-likeness (QED) is 0.191. The van der Waals surface area contributed by atoms with E-state index in [1.165, 1.54) is 66.8 Å². The van der Waals surface area contributed by atoms with Crippen molar-refractivity contribution in [2.75, 3.05) is 0 Å². The van der Waals surface area contributed by atoms with Crippen LogP contribution in [0.15, 0.2) is 60.7 Å². The summed E-state index contributed by atoms with van der Waals surface area (Å²) in [4.78, 5) is 19.0. The van der Waals surface area contributed by atoms with Crippen LogP contribution in [0.1, 0.15) is 111 Å². The Labute approximate surface area is 297 Å². The first-order valence-corrected chi connectivity index (χ1v) is 18.4. The van der Waals surface area contributed by atoms with Gasteiger partial charge >= 0.3 is 0 Å². The zero-order valence-corrected chi connectivity index (χ0v) is 31.5. The molecular formula is C46H50N4. The van der Waals surface area contributed by atoms with E-state index in [2.05, 4.69) is 140 Å². The number of aromatic nitrogens is 4. The predicted molar refractivity (Wildman–Crippen MR) is 215 cm³/mol. The Hall–Kier alpha value is -4.96. The molecule has 0 amide bonds. The topological polar surface area (TPSA) is 57.4 Å². The third-order valence-electron chi connectivity index (χ3n) is 11.2. The van der Waals surface area contributed by atoms with Crippen molar-refractivity contribution < 1.29 is 0 Å². The zero-order chi connectivity index (χ0) is 35.4. The van der Waals surface area contributed by atoms with E-state index >= 15 is 0 Å². The summed E-state index contributed by atoms with van der Waals surface area (Å²) < 4.78 is 0. The second-order valence-electron chi connectivity index (χ2n) is 14.1. The summed E-state index contributed by atoms with van der Waals surface area (Å²) in [6, 6.07) is 22.5. The molecule has 8 bridgehead atoms. The molecule has 2 aromatic carbocycles. The molecule has 4 nitrogen and oxygen atoms in total. The van der Waals surface area contributed by atoms with Crippen LogP contribution in [0.5, 0.6) is 0 Å². The van der Waals surface area contributed by atoms with Gasteiger partial charge in [-0.2, -0.15) is 0 Å². The van der Waals surface area contributed by atoms with E-state index < -0.39 is 0 Å². The average Bonchev–Trinajstić information content (AvgIpc) is 3.79. The number of benzene rings is 2. The van der Waals surface area contributed by atoms with Crippen molar-refractivity contribution in [2.45, 2.75) is 94.9 Å². The first-order chi connectivity index (χ1) is 24.1. The fourth-order valence-corrected chi connectivity index (χ4v) is 8.32. The molecule has 0 atom stereocenters. The van der Waals surface area contributed by atoms with Crippen LogP contribution in [0.4, 0.5) is 0 Å². The smallest absolute Gasteiger partial charge is 0.0769 e. The van der Waals surface area contributed by atoms with Gasteiger partial charge in [-0.1, -0.05) is 87.4 Å². The van der Waals surface area contributed by atoms with E-state index in [-0.39, 0.29) is 0 Å². The van der Waals surface area contributed by atoms with Crippen molar-refractivity contribution in [1.82, 2.24) is 19.9 Å². The van der Waals surface area contributed by atoms with Crippen molar-refractivity contribution in [3.8, 4) is 22.3 Å². The van der Waals surface area contributed by atoms with Crippen LogP contribution >= 0.6 is 0 Å². The monoisotopic (exact) mass is 658 g/mol. The van der Waals surface area contributed by atoms with Gasteiger partial charge in [0.2, 0.25) is 0 Å². The first kappa shape index (κ1) is 33.5. The number of nitrogens with zero attached hydrogens (tertiary/aromatic N) is 2. The fourth-order valence-electron chi connectivity index (χ4n) is 8.32. The molecule has 0 saturated heterocycles. The number of aromatic amines is 2. The van der Waals surface area contributed by atoms with Gasteiger partial charge in [0.15, 0.2) is 0 Å². The maximum absolute atomic E-state index is 5.52. The largest absolute Gasteiger partial charge is 0.354 e. The molecular weight excluding hydrogens is 609 g/mol. The Kier molecular flexibility index (Phi) is 8.76. The molecule has 4 heteroatoms. The molecule has 3 aromatic heterocycles. The van der Waals surface area contributed by atoms with Crippen LogP contribution in [0.2, 0.25) is 0 Å². The second kappa shape index (κ2) is 13.1. The van der Waals surface area contributed by atoms with Gasteiger partial charge in [0, 0.05) is 22.2 Å². The van der Waals surface area contributed by atoms with Gasteiger partial charge < -0.3 is 9.97 Å². The maximum atomic E-state index is 5.52. The molecule has 0 radical (unpaired) electrons. The van der Waals surface area contributed by atoms with Crippen molar-refractivity contribution in [3.63, 3.8) is 0 Å². The summed E-state index contributed by atoms with van der Waals surface area (Å²) >= 11 is 0. The lowest BCUT2D eigenvalue weighted by Crippen LogP contribution is -1.93. The van der Waals surface area contributed by atoms with E-state index in [9.17, 15) is 0 Å². The number of nitrogens with one attached hydrogen (secondary N) is 2. The van der Waals surface area contributed by atoms with E-state index in [0.717, 1.165) is 81.7 Å². The minimum atomic E-state index is 0.900. The lowest BCUT2D eigenvalue weighted by Gasteiger charge is -2.10. The SMILES string of the molecule is CCC1=C(C)c2nc1cc1[nH]c(c(C)c1CC)c(-c1ccc(C)cc1)c1[nH]c(cc3nc(c2-c2ccc(C)cc2)C(C)=C3CC)c(CC)c1C. The van der Waals surface area contributed by atoms with Crippen molar-refractivity contribution in [1.29, 1.82) is 0 Å². The Morgan fingerprint density at radius 2 is 0.860 bits per heavy atom. The highest BCUT2D eigenvalue weighted by Crippen LogP contribution is 2.44. The van der Waals surface area contributed by atoms with Crippen molar-refractivity contribution in [2.24, 2.45) is 0 Å². The van der Waals surface area contributed by atoms with Crippen LogP contribution in [0, 0.1) is 27.7 Å². The van der Waals surface area contributed by atoms with E-state index in [1.807, 2.05) is 0 Å². The molecule has 50 heavy (non-hydrogen) atoms. The molecule has 0 unspecified atom stereocenters. The Morgan fingerprint density at radius 3 is 1.22 bits per heavy atom. The molecule has 5 heterocycles. The van der Waals surface area contributed by atoms with E-state index in [1.54, 1.807) is 0 Å². The molecule has 7 rings (SSSR count). The number of fused-ring (bicyclic) bond motifs is 8. The first-order valence-electron chi connectivity index (χ1n) is 18.4. The lowest BCUT2D eigenvalue weighted by molar-refractivity contribution is 1.14. The summed E-state index contributed by atoms with van der Waals surface area (Å²) in [7, 11) is 0. The van der Waals surface area contributed by atoms with Crippen molar-refractivity contribution in [3.05, 3.63) is 117 Å². The lowest BCUT2D eigenvalue weighted by atomic mass is 9.93. The van der Waals surface area contributed by atoms with Gasteiger partial charge in [0.25, 0.3) is 0 Å². The minimum absolute atomic E-state index is 0.900. The van der Waals surface area contributed by atoms with Crippen LogP contribution < -0.4 is 0 Å². The molecule has 5 aromatic rings. The normalized spacial score (nSPS) is 13.2. The average molecular weight is 659 g/mol. The van der Waals surface area contributed by atoms with Gasteiger partial charge in [-0.05, 0) is 135 Å². The molecule has 2 aliphatic heterocycles. The number of rotatable bonds is 6. The van der Waals surface area contributed by atoms with Gasteiger partial charge in [0.1, 0.15) is 0 Å². The number of H-pyrrole nitrogens is 2. The highest BCUT2D eigenvalue weighted by molar-refractivity contribution is 6.03. The second-order valence-corrected chi connectivity index (χ2v) is 14.1. The molecule has 0 aliphatic carbocycles.